The SMILES string of the molecule is CCOC(=O)c1csc(NC(=O)Cn2cnc(-c3ccc(C)cc3)cc2=O)n1. The molecule has 0 spiro atoms. The quantitative estimate of drug-likeness (QED) is 0.640. The van der Waals surface area contributed by atoms with E-state index in [0.717, 1.165) is 22.5 Å². The van der Waals surface area contributed by atoms with Crippen LogP contribution in [0.5, 0.6) is 0 Å². The van der Waals surface area contributed by atoms with E-state index in [1.807, 2.05) is 31.2 Å². The van der Waals surface area contributed by atoms with Crippen molar-refractivity contribution >= 4 is 28.3 Å². The molecular weight excluding hydrogens is 380 g/mol. The van der Waals surface area contributed by atoms with Gasteiger partial charge in [0, 0.05) is 17.0 Å². The number of thiazole rings is 1. The number of amides is 1. The number of esters is 1. The van der Waals surface area contributed by atoms with Crippen LogP contribution in [0.4, 0.5) is 5.13 Å². The van der Waals surface area contributed by atoms with Crippen molar-refractivity contribution in [3.05, 3.63) is 63.7 Å². The Balaban J connectivity index is 1.66. The fourth-order valence-corrected chi connectivity index (χ4v) is 3.07. The Labute approximate surface area is 164 Å². The molecule has 0 radical (unpaired) electrons. The van der Waals surface area contributed by atoms with Crippen LogP contribution < -0.4 is 10.9 Å². The van der Waals surface area contributed by atoms with Crippen LogP contribution in [0.25, 0.3) is 11.3 Å². The van der Waals surface area contributed by atoms with Gasteiger partial charge in [0.15, 0.2) is 10.8 Å². The van der Waals surface area contributed by atoms with Gasteiger partial charge in [-0.25, -0.2) is 14.8 Å². The molecule has 0 saturated heterocycles. The molecule has 2 heterocycles. The van der Waals surface area contributed by atoms with Crippen LogP contribution in [0.3, 0.4) is 0 Å². The first-order valence-corrected chi connectivity index (χ1v) is 9.40. The highest BCUT2D eigenvalue weighted by Gasteiger charge is 2.14. The van der Waals surface area contributed by atoms with Crippen molar-refractivity contribution < 1.29 is 14.3 Å². The summed E-state index contributed by atoms with van der Waals surface area (Å²) >= 11 is 1.10. The highest BCUT2D eigenvalue weighted by Crippen LogP contribution is 2.17. The number of rotatable bonds is 6. The van der Waals surface area contributed by atoms with Crippen LogP contribution in [0.1, 0.15) is 23.0 Å². The summed E-state index contributed by atoms with van der Waals surface area (Å²) in [6.07, 6.45) is 1.34. The lowest BCUT2D eigenvalue weighted by Crippen LogP contribution is -2.27. The van der Waals surface area contributed by atoms with E-state index in [1.165, 1.54) is 22.3 Å². The highest BCUT2D eigenvalue weighted by molar-refractivity contribution is 7.14. The normalized spacial score (nSPS) is 10.5. The summed E-state index contributed by atoms with van der Waals surface area (Å²) < 4.78 is 6.05. The molecule has 0 fully saturated rings. The number of nitrogens with one attached hydrogen (secondary N) is 1. The summed E-state index contributed by atoms with van der Waals surface area (Å²) in [5, 5.41) is 4.31. The predicted molar refractivity (Wildman–Crippen MR) is 105 cm³/mol. The molecule has 0 unspecified atom stereocenters. The first-order chi connectivity index (χ1) is 13.5. The van der Waals surface area contributed by atoms with Gasteiger partial charge in [-0.3, -0.25) is 14.2 Å². The Morgan fingerprint density at radius 1 is 1.25 bits per heavy atom. The molecule has 3 aromatic rings. The summed E-state index contributed by atoms with van der Waals surface area (Å²) in [6.45, 7) is 3.70. The van der Waals surface area contributed by atoms with Crippen LogP contribution >= 0.6 is 11.3 Å². The number of ether oxygens (including phenoxy) is 1. The minimum atomic E-state index is -0.550. The maximum Gasteiger partial charge on any atom is 0.357 e. The first kappa shape index (κ1) is 19.4. The lowest BCUT2D eigenvalue weighted by molar-refractivity contribution is -0.116. The van der Waals surface area contributed by atoms with Gasteiger partial charge in [0.2, 0.25) is 5.91 Å². The van der Waals surface area contributed by atoms with E-state index in [-0.39, 0.29) is 29.5 Å². The van der Waals surface area contributed by atoms with Crippen LogP contribution in [0.2, 0.25) is 0 Å². The standard InChI is InChI=1S/C19H18N4O4S/c1-3-27-18(26)15-10-28-19(21-15)22-16(24)9-23-11-20-14(8-17(23)25)13-6-4-12(2)5-7-13/h4-8,10-11H,3,9H2,1-2H3,(H,21,22,24). The highest BCUT2D eigenvalue weighted by atomic mass is 32.1. The van der Waals surface area contributed by atoms with E-state index in [9.17, 15) is 14.4 Å². The van der Waals surface area contributed by atoms with Crippen molar-refractivity contribution in [1.29, 1.82) is 0 Å². The molecule has 1 aromatic carbocycles. The minimum Gasteiger partial charge on any atom is -0.461 e. The third kappa shape index (κ3) is 4.68. The number of carbonyl (C=O) groups excluding carboxylic acids is 2. The second-order valence-electron chi connectivity index (χ2n) is 5.91. The first-order valence-electron chi connectivity index (χ1n) is 8.52. The maximum atomic E-state index is 12.3. The number of nitrogens with zero attached hydrogens (tertiary/aromatic N) is 3. The lowest BCUT2D eigenvalue weighted by Gasteiger charge is -2.06. The molecule has 0 atom stereocenters. The molecule has 0 bridgehead atoms. The summed E-state index contributed by atoms with van der Waals surface area (Å²) in [5.41, 5.74) is 2.27. The number of hydrogen-bond acceptors (Lipinski definition) is 7. The molecule has 1 N–H and O–H groups in total. The number of hydrogen-bond donors (Lipinski definition) is 1. The molecular formula is C19H18N4O4S. The number of anilines is 1. The molecule has 3 rings (SSSR count). The van der Waals surface area contributed by atoms with Crippen molar-refractivity contribution in [3.63, 3.8) is 0 Å². The molecule has 144 valence electrons. The number of aryl methyl sites for hydroxylation is 1. The van der Waals surface area contributed by atoms with E-state index in [1.54, 1.807) is 6.92 Å². The Bertz CT molecular complexity index is 1060. The van der Waals surface area contributed by atoms with Crippen molar-refractivity contribution in [1.82, 2.24) is 14.5 Å². The number of carbonyl (C=O) groups is 2. The van der Waals surface area contributed by atoms with Gasteiger partial charge in [0.05, 0.1) is 18.6 Å². The summed E-state index contributed by atoms with van der Waals surface area (Å²) in [6, 6.07) is 9.04. The zero-order valence-corrected chi connectivity index (χ0v) is 16.2. The second-order valence-corrected chi connectivity index (χ2v) is 6.77. The smallest absolute Gasteiger partial charge is 0.357 e. The second kappa shape index (κ2) is 8.57. The van der Waals surface area contributed by atoms with Gasteiger partial charge in [0.25, 0.3) is 5.56 Å². The van der Waals surface area contributed by atoms with Gasteiger partial charge in [-0.1, -0.05) is 29.8 Å². The van der Waals surface area contributed by atoms with Gasteiger partial charge in [-0.2, -0.15) is 0 Å². The average Bonchev–Trinajstić information content (AvgIpc) is 3.13. The summed E-state index contributed by atoms with van der Waals surface area (Å²) in [5.74, 6) is -0.997. The van der Waals surface area contributed by atoms with E-state index in [2.05, 4.69) is 15.3 Å². The van der Waals surface area contributed by atoms with Crippen LogP contribution in [0, 0.1) is 6.92 Å². The number of benzene rings is 1. The Hall–Kier alpha value is -3.33. The van der Waals surface area contributed by atoms with Crippen LogP contribution in [0.15, 0.2) is 46.8 Å². The van der Waals surface area contributed by atoms with Gasteiger partial charge in [-0.15, -0.1) is 11.3 Å². The zero-order valence-electron chi connectivity index (χ0n) is 15.3. The molecule has 0 aliphatic rings. The van der Waals surface area contributed by atoms with Crippen molar-refractivity contribution in [2.24, 2.45) is 0 Å². The average molecular weight is 398 g/mol. The molecule has 0 saturated carbocycles. The van der Waals surface area contributed by atoms with E-state index in [0.29, 0.717) is 5.69 Å². The molecule has 1 amide bonds. The maximum absolute atomic E-state index is 12.3. The molecule has 2 aromatic heterocycles. The lowest BCUT2D eigenvalue weighted by atomic mass is 10.1. The van der Waals surface area contributed by atoms with Crippen molar-refractivity contribution in [2.45, 2.75) is 20.4 Å². The van der Waals surface area contributed by atoms with E-state index < -0.39 is 11.9 Å². The van der Waals surface area contributed by atoms with Gasteiger partial charge in [0.1, 0.15) is 6.54 Å². The molecule has 0 aliphatic carbocycles. The molecule has 8 nitrogen and oxygen atoms in total. The fourth-order valence-electron chi connectivity index (χ4n) is 2.37. The summed E-state index contributed by atoms with van der Waals surface area (Å²) in [7, 11) is 0. The zero-order chi connectivity index (χ0) is 20.1. The largest absolute Gasteiger partial charge is 0.461 e. The summed E-state index contributed by atoms with van der Waals surface area (Å²) in [4.78, 5) is 44.3. The minimum absolute atomic E-state index is 0.128. The van der Waals surface area contributed by atoms with Gasteiger partial charge < -0.3 is 10.1 Å². The monoisotopic (exact) mass is 398 g/mol. The van der Waals surface area contributed by atoms with Crippen molar-refractivity contribution in [3.8, 4) is 11.3 Å². The third-order valence-corrected chi connectivity index (χ3v) is 4.53. The van der Waals surface area contributed by atoms with E-state index >= 15 is 0 Å². The predicted octanol–water partition coefficient (Wildman–Crippen LogP) is 2.49. The van der Waals surface area contributed by atoms with Gasteiger partial charge in [-0.05, 0) is 13.8 Å². The van der Waals surface area contributed by atoms with Crippen LogP contribution in [-0.2, 0) is 16.1 Å². The topological polar surface area (TPSA) is 103 Å². The number of aromatic nitrogens is 3. The third-order valence-electron chi connectivity index (χ3n) is 3.78. The van der Waals surface area contributed by atoms with Gasteiger partial charge >= 0.3 is 5.97 Å². The van der Waals surface area contributed by atoms with E-state index in [4.69, 9.17) is 4.74 Å². The van der Waals surface area contributed by atoms with Crippen LogP contribution in [-0.4, -0.2) is 33.0 Å². The molecule has 28 heavy (non-hydrogen) atoms. The molecule has 9 heteroatoms. The Kier molecular flexibility index (Phi) is 5.95. The fraction of sp³-hybridized carbons (Fsp3) is 0.211. The van der Waals surface area contributed by atoms with Crippen molar-refractivity contribution in [2.75, 3.05) is 11.9 Å². The Morgan fingerprint density at radius 2 is 2.00 bits per heavy atom. The Morgan fingerprint density at radius 3 is 2.68 bits per heavy atom. The molecule has 0 aliphatic heterocycles.